The molecule has 0 aliphatic heterocycles. The van der Waals surface area contributed by atoms with E-state index in [1.54, 1.807) is 0 Å². The van der Waals surface area contributed by atoms with E-state index < -0.39 is 20.7 Å². The van der Waals surface area contributed by atoms with Crippen molar-refractivity contribution in [1.82, 2.24) is 0 Å². The second-order valence-corrected chi connectivity index (χ2v) is 9.96. The fourth-order valence-electron chi connectivity index (χ4n) is 3.54. The standard InChI is InChI=1S/C21H34O6S/c1-18(22)27-21(15-9-6-10-16-21)17-11-13-19(28(3,24)25)12-7-4-5-8-14-20(23)26-2/h19H,4-10,12-16H2,1-3H3. The molecular formula is C21H34O6S. The van der Waals surface area contributed by atoms with Crippen LogP contribution in [0.4, 0.5) is 0 Å². The molecule has 0 spiro atoms. The van der Waals surface area contributed by atoms with Gasteiger partial charge in [-0.2, -0.15) is 0 Å². The van der Waals surface area contributed by atoms with Crippen molar-refractivity contribution >= 4 is 21.8 Å². The van der Waals surface area contributed by atoms with Gasteiger partial charge in [-0.05, 0) is 38.5 Å². The first kappa shape index (κ1) is 24.5. The topological polar surface area (TPSA) is 86.7 Å². The Morgan fingerprint density at radius 1 is 1.07 bits per heavy atom. The molecule has 1 atom stereocenters. The number of hydrogen-bond acceptors (Lipinski definition) is 6. The summed E-state index contributed by atoms with van der Waals surface area (Å²) >= 11 is 0. The van der Waals surface area contributed by atoms with Crippen molar-refractivity contribution in [3.63, 3.8) is 0 Å². The first-order valence-corrected chi connectivity index (χ1v) is 12.1. The predicted octanol–water partition coefficient (Wildman–Crippen LogP) is 3.57. The van der Waals surface area contributed by atoms with Crippen molar-refractivity contribution in [2.75, 3.05) is 13.4 Å². The van der Waals surface area contributed by atoms with Crippen LogP contribution in [0.25, 0.3) is 0 Å². The SMILES string of the molecule is COC(=O)CCCCCCC(CC#CC1(OC(C)=O)CCCCC1)S(C)(=O)=O. The highest BCUT2D eigenvalue weighted by Gasteiger charge is 2.33. The second-order valence-electron chi connectivity index (χ2n) is 7.64. The minimum absolute atomic E-state index is 0.214. The Morgan fingerprint density at radius 2 is 1.71 bits per heavy atom. The van der Waals surface area contributed by atoms with Crippen molar-refractivity contribution in [2.45, 2.75) is 94.8 Å². The Balaban J connectivity index is 2.57. The zero-order chi connectivity index (χ0) is 21.0. The van der Waals surface area contributed by atoms with Gasteiger partial charge in [0.2, 0.25) is 0 Å². The van der Waals surface area contributed by atoms with E-state index in [9.17, 15) is 18.0 Å². The Labute approximate surface area is 169 Å². The lowest BCUT2D eigenvalue weighted by atomic mass is 9.85. The van der Waals surface area contributed by atoms with Gasteiger partial charge in [-0.3, -0.25) is 9.59 Å². The van der Waals surface area contributed by atoms with Crippen molar-refractivity contribution in [1.29, 1.82) is 0 Å². The summed E-state index contributed by atoms with van der Waals surface area (Å²) < 4.78 is 34.3. The van der Waals surface area contributed by atoms with Gasteiger partial charge < -0.3 is 9.47 Å². The molecule has 0 aromatic carbocycles. The number of carbonyl (C=O) groups is 2. The molecule has 0 aromatic rings. The molecule has 0 radical (unpaired) electrons. The zero-order valence-electron chi connectivity index (χ0n) is 17.4. The molecule has 1 saturated carbocycles. The highest BCUT2D eigenvalue weighted by Crippen LogP contribution is 2.31. The molecule has 160 valence electrons. The van der Waals surface area contributed by atoms with E-state index >= 15 is 0 Å². The van der Waals surface area contributed by atoms with E-state index in [0.29, 0.717) is 25.7 Å². The number of carbonyl (C=O) groups excluding carboxylic acids is 2. The third kappa shape index (κ3) is 9.59. The second kappa shape index (κ2) is 12.1. The Hall–Kier alpha value is -1.55. The third-order valence-electron chi connectivity index (χ3n) is 5.14. The molecule has 1 aliphatic carbocycles. The van der Waals surface area contributed by atoms with Gasteiger partial charge in [0.1, 0.15) is 0 Å². The van der Waals surface area contributed by atoms with Crippen LogP contribution in [0, 0.1) is 11.8 Å². The fourth-order valence-corrected chi connectivity index (χ4v) is 4.52. The molecule has 1 fully saturated rings. The number of ether oxygens (including phenoxy) is 2. The van der Waals surface area contributed by atoms with Crippen LogP contribution in [0.3, 0.4) is 0 Å². The van der Waals surface area contributed by atoms with Gasteiger partial charge in [-0.15, -0.1) is 0 Å². The van der Waals surface area contributed by atoms with Gasteiger partial charge in [0.25, 0.3) is 0 Å². The smallest absolute Gasteiger partial charge is 0.305 e. The summed E-state index contributed by atoms with van der Waals surface area (Å²) in [7, 11) is -1.83. The maximum Gasteiger partial charge on any atom is 0.305 e. The number of methoxy groups -OCH3 is 1. The van der Waals surface area contributed by atoms with Crippen LogP contribution in [0.15, 0.2) is 0 Å². The van der Waals surface area contributed by atoms with Crippen LogP contribution in [0.2, 0.25) is 0 Å². The first-order chi connectivity index (χ1) is 13.2. The predicted molar refractivity (Wildman–Crippen MR) is 108 cm³/mol. The minimum Gasteiger partial charge on any atom is -0.469 e. The first-order valence-electron chi connectivity index (χ1n) is 10.1. The highest BCUT2D eigenvalue weighted by atomic mass is 32.2. The lowest BCUT2D eigenvalue weighted by Crippen LogP contribution is -2.35. The summed E-state index contributed by atoms with van der Waals surface area (Å²) in [4.78, 5) is 22.5. The summed E-state index contributed by atoms with van der Waals surface area (Å²) in [5, 5.41) is -0.515. The molecule has 1 aliphatic rings. The number of hydrogen-bond donors (Lipinski definition) is 0. The van der Waals surface area contributed by atoms with Gasteiger partial charge in [-0.1, -0.05) is 37.5 Å². The fraction of sp³-hybridized carbons (Fsp3) is 0.810. The lowest BCUT2D eigenvalue weighted by molar-refractivity contribution is -0.153. The van der Waals surface area contributed by atoms with Crippen molar-refractivity contribution < 1.29 is 27.5 Å². The molecule has 0 saturated heterocycles. The van der Waals surface area contributed by atoms with Gasteiger partial charge >= 0.3 is 11.9 Å². The highest BCUT2D eigenvalue weighted by molar-refractivity contribution is 7.91. The van der Waals surface area contributed by atoms with Crippen LogP contribution in [-0.4, -0.2) is 44.6 Å². The van der Waals surface area contributed by atoms with Crippen LogP contribution in [0.1, 0.15) is 84.0 Å². The normalized spacial score (nSPS) is 17.1. The zero-order valence-corrected chi connectivity index (χ0v) is 18.2. The maximum atomic E-state index is 12.1. The molecule has 28 heavy (non-hydrogen) atoms. The average molecular weight is 415 g/mol. The van der Waals surface area contributed by atoms with Gasteiger partial charge in [0.15, 0.2) is 15.4 Å². The molecule has 0 N–H and O–H groups in total. The lowest BCUT2D eigenvalue weighted by Gasteiger charge is -2.31. The van der Waals surface area contributed by atoms with Crippen molar-refractivity contribution in [3.8, 4) is 11.8 Å². The van der Waals surface area contributed by atoms with Crippen LogP contribution in [-0.2, 0) is 28.9 Å². The molecule has 0 heterocycles. The molecule has 0 bridgehead atoms. The van der Waals surface area contributed by atoms with Gasteiger partial charge in [0, 0.05) is 26.0 Å². The Bertz CT molecular complexity index is 665. The average Bonchev–Trinajstić information content (AvgIpc) is 2.61. The molecule has 1 unspecified atom stereocenters. The quantitative estimate of drug-likeness (QED) is 0.308. The summed E-state index contributed by atoms with van der Waals surface area (Å²) in [6, 6.07) is 0. The van der Waals surface area contributed by atoms with Gasteiger partial charge in [0.05, 0.1) is 12.4 Å². The van der Waals surface area contributed by atoms with Crippen molar-refractivity contribution in [2.24, 2.45) is 0 Å². The van der Waals surface area contributed by atoms with E-state index in [1.165, 1.54) is 20.3 Å². The Morgan fingerprint density at radius 3 is 2.29 bits per heavy atom. The van der Waals surface area contributed by atoms with E-state index in [-0.39, 0.29) is 18.4 Å². The van der Waals surface area contributed by atoms with E-state index in [0.717, 1.165) is 44.9 Å². The molecule has 7 heteroatoms. The van der Waals surface area contributed by atoms with Crippen LogP contribution >= 0.6 is 0 Å². The van der Waals surface area contributed by atoms with Crippen LogP contribution < -0.4 is 0 Å². The largest absolute Gasteiger partial charge is 0.469 e. The number of rotatable bonds is 10. The van der Waals surface area contributed by atoms with E-state index in [1.807, 2.05) is 0 Å². The van der Waals surface area contributed by atoms with E-state index in [2.05, 4.69) is 16.6 Å². The Kier molecular flexibility index (Phi) is 10.6. The monoisotopic (exact) mass is 414 g/mol. The number of esters is 2. The summed E-state index contributed by atoms with van der Waals surface area (Å²) in [5.41, 5.74) is -0.750. The number of sulfone groups is 1. The molecule has 0 aromatic heterocycles. The minimum atomic E-state index is -3.21. The maximum absolute atomic E-state index is 12.1. The molecule has 6 nitrogen and oxygen atoms in total. The summed E-state index contributed by atoms with van der Waals surface area (Å²) in [6.07, 6.45) is 10.2. The van der Waals surface area contributed by atoms with Crippen LogP contribution in [0.5, 0.6) is 0 Å². The molecular weight excluding hydrogens is 380 g/mol. The van der Waals surface area contributed by atoms with E-state index in [4.69, 9.17) is 4.74 Å². The molecule has 0 amide bonds. The number of unbranched alkanes of at least 4 members (excludes halogenated alkanes) is 3. The van der Waals surface area contributed by atoms with Gasteiger partial charge in [-0.25, -0.2) is 8.42 Å². The molecule has 1 rings (SSSR count). The third-order valence-corrected chi connectivity index (χ3v) is 6.75. The van der Waals surface area contributed by atoms with Crippen molar-refractivity contribution in [3.05, 3.63) is 0 Å². The summed E-state index contributed by atoms with van der Waals surface area (Å²) in [6.45, 7) is 1.39. The summed E-state index contributed by atoms with van der Waals surface area (Å²) in [5.74, 6) is 5.55.